The van der Waals surface area contributed by atoms with Crippen molar-refractivity contribution in [3.63, 3.8) is 0 Å². The van der Waals surface area contributed by atoms with E-state index >= 15 is 0 Å². The van der Waals surface area contributed by atoms with Crippen molar-refractivity contribution in [3.05, 3.63) is 54.1 Å². The van der Waals surface area contributed by atoms with Gasteiger partial charge in [-0.2, -0.15) is 0 Å². The molecular weight excluding hydrogens is 396 g/mol. The number of hydrogen-bond donors (Lipinski definition) is 3. The van der Waals surface area contributed by atoms with Crippen molar-refractivity contribution < 1.29 is 24.0 Å². The monoisotopic (exact) mass is 427 g/mol. The van der Waals surface area contributed by atoms with E-state index in [1.807, 2.05) is 55.6 Å². The van der Waals surface area contributed by atoms with E-state index in [2.05, 4.69) is 15.5 Å². The molecule has 0 radical (unpaired) electrons. The molecule has 1 aliphatic heterocycles. The summed E-state index contributed by atoms with van der Waals surface area (Å²) in [4.78, 5) is 27.6. The van der Waals surface area contributed by atoms with Crippen LogP contribution >= 0.6 is 0 Å². The summed E-state index contributed by atoms with van der Waals surface area (Å²) in [7, 11) is 3.44. The smallest absolute Gasteiger partial charge is 0.279 e. The summed E-state index contributed by atoms with van der Waals surface area (Å²) in [5, 5.41) is 5.78. The minimum absolute atomic E-state index is 0.101. The van der Waals surface area contributed by atoms with Crippen molar-refractivity contribution in [2.75, 3.05) is 63.8 Å². The van der Waals surface area contributed by atoms with Gasteiger partial charge in [-0.15, -0.1) is 0 Å². The van der Waals surface area contributed by atoms with Crippen LogP contribution in [0.2, 0.25) is 0 Å². The second-order valence-corrected chi connectivity index (χ2v) is 7.63. The fourth-order valence-corrected chi connectivity index (χ4v) is 3.40. The number of ether oxygens (including phenoxy) is 2. The highest BCUT2D eigenvalue weighted by atomic mass is 16.5. The van der Waals surface area contributed by atoms with Crippen LogP contribution in [-0.4, -0.2) is 65.4 Å². The highest BCUT2D eigenvalue weighted by Crippen LogP contribution is 2.18. The maximum Gasteiger partial charge on any atom is 0.279 e. The lowest BCUT2D eigenvalue weighted by molar-refractivity contribution is -0.862. The summed E-state index contributed by atoms with van der Waals surface area (Å²) >= 11 is 0. The van der Waals surface area contributed by atoms with Crippen molar-refractivity contribution in [2.45, 2.75) is 6.54 Å². The van der Waals surface area contributed by atoms with Crippen LogP contribution in [0.5, 0.6) is 5.75 Å². The third kappa shape index (κ3) is 7.27. The number of morpholine rings is 1. The summed E-state index contributed by atoms with van der Waals surface area (Å²) < 4.78 is 10.5. The van der Waals surface area contributed by atoms with Gasteiger partial charge >= 0.3 is 0 Å². The summed E-state index contributed by atoms with van der Waals surface area (Å²) in [5.41, 5.74) is 2.86. The average molecular weight is 428 g/mol. The number of quaternary nitrogens is 1. The molecule has 8 nitrogen and oxygen atoms in total. The number of methoxy groups -OCH3 is 1. The molecule has 1 saturated heterocycles. The van der Waals surface area contributed by atoms with Crippen LogP contribution < -0.4 is 25.2 Å². The van der Waals surface area contributed by atoms with Crippen LogP contribution in [-0.2, 0) is 20.9 Å². The van der Waals surface area contributed by atoms with Gasteiger partial charge in [-0.1, -0.05) is 12.1 Å². The fraction of sp³-hybridized carbons (Fsp3) is 0.391. The van der Waals surface area contributed by atoms with E-state index in [-0.39, 0.29) is 24.9 Å². The Hall–Kier alpha value is -3.10. The van der Waals surface area contributed by atoms with Gasteiger partial charge < -0.3 is 29.9 Å². The zero-order valence-electron chi connectivity index (χ0n) is 18.1. The Balaban J connectivity index is 1.38. The minimum Gasteiger partial charge on any atom is -0.497 e. The largest absolute Gasteiger partial charge is 0.497 e. The number of nitrogens with zero attached hydrogens (tertiary/aromatic N) is 1. The lowest BCUT2D eigenvalue weighted by atomic mass is 10.2. The van der Waals surface area contributed by atoms with Gasteiger partial charge in [0.05, 0.1) is 27.4 Å². The standard InChI is InChI=1S/C23H30N4O4/c1-26(16-22(28)24-15-18-3-9-21(30-2)10-4-18)17-23(29)25-19-5-7-20(8-6-19)27-11-13-31-14-12-27/h3-10H,11-17H2,1-2H3,(H,24,28)(H,25,29)/p+1. The van der Waals surface area contributed by atoms with Crippen molar-refractivity contribution in [1.29, 1.82) is 0 Å². The van der Waals surface area contributed by atoms with Gasteiger partial charge in [-0.3, -0.25) is 9.59 Å². The molecule has 1 fully saturated rings. The van der Waals surface area contributed by atoms with E-state index in [4.69, 9.17) is 9.47 Å². The topological polar surface area (TPSA) is 84.3 Å². The van der Waals surface area contributed by atoms with Crippen LogP contribution in [0.4, 0.5) is 11.4 Å². The van der Waals surface area contributed by atoms with Gasteiger partial charge in [0.2, 0.25) is 0 Å². The molecule has 0 aromatic heterocycles. The lowest BCUT2D eigenvalue weighted by Gasteiger charge is -2.28. The van der Waals surface area contributed by atoms with E-state index in [9.17, 15) is 9.59 Å². The number of likely N-dealkylation sites (N-methyl/N-ethyl adjacent to an activating group) is 1. The third-order valence-corrected chi connectivity index (χ3v) is 5.10. The number of anilines is 2. The molecule has 0 bridgehead atoms. The Bertz CT molecular complexity index is 849. The molecule has 3 rings (SSSR count). The van der Waals surface area contributed by atoms with E-state index in [0.717, 1.165) is 53.9 Å². The second kappa shape index (κ2) is 11.3. The Labute approximate surface area is 183 Å². The zero-order chi connectivity index (χ0) is 22.1. The van der Waals surface area contributed by atoms with Crippen LogP contribution in [0.1, 0.15) is 5.56 Å². The summed E-state index contributed by atoms with van der Waals surface area (Å²) in [6, 6.07) is 15.3. The maximum absolute atomic E-state index is 12.3. The quantitative estimate of drug-likeness (QED) is 0.536. The third-order valence-electron chi connectivity index (χ3n) is 5.10. The average Bonchev–Trinajstić information content (AvgIpc) is 2.79. The number of carbonyl (C=O) groups is 2. The summed E-state index contributed by atoms with van der Waals surface area (Å²) in [6.07, 6.45) is 0. The molecule has 2 aromatic carbocycles. The first kappa shape index (κ1) is 22.6. The van der Waals surface area contributed by atoms with Crippen molar-refractivity contribution >= 4 is 23.2 Å². The van der Waals surface area contributed by atoms with Crippen molar-refractivity contribution in [1.82, 2.24) is 5.32 Å². The number of amides is 2. The van der Waals surface area contributed by atoms with E-state index in [1.54, 1.807) is 7.11 Å². The molecule has 3 N–H and O–H groups in total. The van der Waals surface area contributed by atoms with E-state index < -0.39 is 0 Å². The van der Waals surface area contributed by atoms with Crippen molar-refractivity contribution in [2.24, 2.45) is 0 Å². The van der Waals surface area contributed by atoms with Gasteiger partial charge in [-0.25, -0.2) is 0 Å². The lowest BCUT2D eigenvalue weighted by Crippen LogP contribution is -3.11. The fourth-order valence-electron chi connectivity index (χ4n) is 3.40. The van der Waals surface area contributed by atoms with Gasteiger partial charge in [0.1, 0.15) is 5.75 Å². The molecule has 1 atom stereocenters. The van der Waals surface area contributed by atoms with Crippen molar-refractivity contribution in [3.8, 4) is 5.75 Å². The molecule has 1 unspecified atom stereocenters. The molecule has 0 saturated carbocycles. The van der Waals surface area contributed by atoms with Gasteiger partial charge in [0, 0.05) is 31.0 Å². The molecule has 2 aromatic rings. The number of hydrogen-bond acceptors (Lipinski definition) is 5. The van der Waals surface area contributed by atoms with Gasteiger partial charge in [0.25, 0.3) is 11.8 Å². The Morgan fingerprint density at radius 2 is 1.65 bits per heavy atom. The number of carbonyl (C=O) groups excluding carboxylic acids is 2. The Morgan fingerprint density at radius 1 is 1.00 bits per heavy atom. The first-order valence-corrected chi connectivity index (χ1v) is 10.5. The molecule has 31 heavy (non-hydrogen) atoms. The summed E-state index contributed by atoms with van der Waals surface area (Å²) in [5.74, 6) is 0.552. The first-order chi connectivity index (χ1) is 15.0. The molecule has 2 amide bonds. The number of nitrogens with one attached hydrogen (secondary N) is 3. The zero-order valence-corrected chi connectivity index (χ0v) is 18.1. The Kier molecular flexibility index (Phi) is 8.26. The molecule has 1 aliphatic rings. The molecule has 166 valence electrons. The Morgan fingerprint density at radius 3 is 2.29 bits per heavy atom. The normalized spacial score (nSPS) is 14.6. The maximum atomic E-state index is 12.3. The minimum atomic E-state index is -0.125. The van der Waals surface area contributed by atoms with Crippen LogP contribution in [0.15, 0.2) is 48.5 Å². The molecule has 8 heteroatoms. The van der Waals surface area contributed by atoms with Crippen LogP contribution in [0.3, 0.4) is 0 Å². The second-order valence-electron chi connectivity index (χ2n) is 7.63. The molecule has 0 aliphatic carbocycles. The van der Waals surface area contributed by atoms with Gasteiger partial charge in [0.15, 0.2) is 13.1 Å². The molecule has 1 heterocycles. The summed E-state index contributed by atoms with van der Waals surface area (Å²) in [6.45, 7) is 4.10. The predicted molar refractivity (Wildman–Crippen MR) is 120 cm³/mol. The SMILES string of the molecule is COc1ccc(CNC(=O)C[NH+](C)CC(=O)Nc2ccc(N3CCOCC3)cc2)cc1. The van der Waals surface area contributed by atoms with E-state index in [1.165, 1.54) is 0 Å². The number of benzene rings is 2. The van der Waals surface area contributed by atoms with Gasteiger partial charge in [-0.05, 0) is 42.0 Å². The first-order valence-electron chi connectivity index (χ1n) is 10.5. The molecule has 0 spiro atoms. The predicted octanol–water partition coefficient (Wildman–Crippen LogP) is 0.301. The van der Waals surface area contributed by atoms with Crippen LogP contribution in [0, 0.1) is 0 Å². The molecular formula is C23H31N4O4+. The van der Waals surface area contributed by atoms with Crippen LogP contribution in [0.25, 0.3) is 0 Å². The highest BCUT2D eigenvalue weighted by Gasteiger charge is 2.15. The number of rotatable bonds is 9. The van der Waals surface area contributed by atoms with E-state index in [0.29, 0.717) is 6.54 Å². The highest BCUT2D eigenvalue weighted by molar-refractivity contribution is 5.91.